The molecule has 0 aliphatic heterocycles. The van der Waals surface area contributed by atoms with Crippen molar-refractivity contribution in [2.24, 2.45) is 0 Å². The van der Waals surface area contributed by atoms with Crippen molar-refractivity contribution >= 4 is 21.4 Å². The van der Waals surface area contributed by atoms with E-state index in [-0.39, 0.29) is 6.04 Å². The predicted octanol–water partition coefficient (Wildman–Crippen LogP) is 0.960. The Morgan fingerprint density at radius 2 is 2.00 bits per heavy atom. The van der Waals surface area contributed by atoms with Crippen LogP contribution in [0.1, 0.15) is 28.5 Å². The number of hydrogen-bond acceptors (Lipinski definition) is 5. The smallest absolute Gasteiger partial charge is 0.208 e. The summed E-state index contributed by atoms with van der Waals surface area (Å²) < 4.78 is 24.1. The van der Waals surface area contributed by atoms with E-state index in [4.69, 9.17) is 0 Å². The molecule has 5 nitrogen and oxygen atoms in total. The van der Waals surface area contributed by atoms with E-state index in [1.807, 2.05) is 20.8 Å². The summed E-state index contributed by atoms with van der Waals surface area (Å²) in [5.74, 6) is 0. The third-order valence-corrected chi connectivity index (χ3v) is 3.92. The van der Waals surface area contributed by atoms with Gasteiger partial charge in [-0.05, 0) is 20.8 Å². The zero-order valence-electron chi connectivity index (χ0n) is 10.6. The second-order valence-electron chi connectivity index (χ2n) is 4.02. The molecule has 0 aliphatic rings. The highest BCUT2D eigenvalue weighted by molar-refractivity contribution is 7.88. The van der Waals surface area contributed by atoms with E-state index in [1.165, 1.54) is 4.88 Å². The summed E-state index contributed by atoms with van der Waals surface area (Å²) in [5, 5.41) is 4.30. The quantitative estimate of drug-likeness (QED) is 0.760. The standard InChI is InChI=1S/C10H19N3O2S2/c1-7(10-8(2)16-9(3)13-10)11-5-6-12-17(4,14)15/h7,11-12H,5-6H2,1-4H3. The lowest BCUT2D eigenvalue weighted by atomic mass is 10.2. The Bertz CT molecular complexity index is 468. The lowest BCUT2D eigenvalue weighted by Crippen LogP contribution is -2.32. The maximum atomic E-state index is 10.9. The normalized spacial score (nSPS) is 13.9. The molecule has 0 amide bonds. The molecule has 0 fully saturated rings. The number of nitrogens with one attached hydrogen (secondary N) is 2. The molecule has 0 aromatic carbocycles. The van der Waals surface area contributed by atoms with Crippen molar-refractivity contribution < 1.29 is 8.42 Å². The molecule has 0 bridgehead atoms. The van der Waals surface area contributed by atoms with E-state index >= 15 is 0 Å². The van der Waals surface area contributed by atoms with Crippen LogP contribution < -0.4 is 10.0 Å². The van der Waals surface area contributed by atoms with E-state index in [0.717, 1.165) is 17.0 Å². The van der Waals surface area contributed by atoms with Gasteiger partial charge in [0, 0.05) is 24.0 Å². The van der Waals surface area contributed by atoms with Crippen molar-refractivity contribution in [1.82, 2.24) is 15.0 Å². The molecule has 17 heavy (non-hydrogen) atoms. The van der Waals surface area contributed by atoms with Crippen LogP contribution in [0.3, 0.4) is 0 Å². The molecule has 1 aromatic rings. The largest absolute Gasteiger partial charge is 0.308 e. The van der Waals surface area contributed by atoms with Crippen molar-refractivity contribution in [2.45, 2.75) is 26.8 Å². The zero-order chi connectivity index (χ0) is 13.1. The van der Waals surface area contributed by atoms with E-state index < -0.39 is 10.0 Å². The summed E-state index contributed by atoms with van der Waals surface area (Å²) in [6.07, 6.45) is 1.16. The first-order valence-electron chi connectivity index (χ1n) is 5.41. The third-order valence-electron chi connectivity index (χ3n) is 2.29. The SMILES string of the molecule is Cc1nc(C(C)NCCNS(C)(=O)=O)c(C)s1. The highest BCUT2D eigenvalue weighted by Crippen LogP contribution is 2.21. The number of thiazole rings is 1. The number of nitrogens with zero attached hydrogens (tertiary/aromatic N) is 1. The van der Waals surface area contributed by atoms with Crippen LogP contribution in [0, 0.1) is 13.8 Å². The summed E-state index contributed by atoms with van der Waals surface area (Å²) in [4.78, 5) is 5.66. The van der Waals surface area contributed by atoms with Crippen LogP contribution in [0.15, 0.2) is 0 Å². The maximum Gasteiger partial charge on any atom is 0.208 e. The Labute approximate surface area is 107 Å². The second-order valence-corrected chi connectivity index (χ2v) is 7.26. The monoisotopic (exact) mass is 277 g/mol. The van der Waals surface area contributed by atoms with E-state index in [0.29, 0.717) is 13.1 Å². The van der Waals surface area contributed by atoms with Crippen molar-refractivity contribution in [3.05, 3.63) is 15.6 Å². The maximum absolute atomic E-state index is 10.9. The molecule has 1 aromatic heterocycles. The molecular weight excluding hydrogens is 258 g/mol. The van der Waals surface area contributed by atoms with Crippen LogP contribution in [0.25, 0.3) is 0 Å². The molecule has 0 radical (unpaired) electrons. The molecule has 0 spiro atoms. The second kappa shape index (κ2) is 5.90. The van der Waals surface area contributed by atoms with Gasteiger partial charge in [0.15, 0.2) is 0 Å². The van der Waals surface area contributed by atoms with Gasteiger partial charge in [0.25, 0.3) is 0 Å². The molecule has 2 N–H and O–H groups in total. The minimum Gasteiger partial charge on any atom is -0.308 e. The van der Waals surface area contributed by atoms with E-state index in [1.54, 1.807) is 11.3 Å². The molecule has 7 heteroatoms. The van der Waals surface area contributed by atoms with E-state index in [9.17, 15) is 8.42 Å². The van der Waals surface area contributed by atoms with Gasteiger partial charge in [0.2, 0.25) is 10.0 Å². The van der Waals surface area contributed by atoms with Gasteiger partial charge in [0.05, 0.1) is 17.0 Å². The Hall–Kier alpha value is -0.500. The van der Waals surface area contributed by atoms with Crippen molar-refractivity contribution in [3.63, 3.8) is 0 Å². The van der Waals surface area contributed by atoms with Gasteiger partial charge < -0.3 is 5.32 Å². The van der Waals surface area contributed by atoms with Gasteiger partial charge in [-0.1, -0.05) is 0 Å². The average molecular weight is 277 g/mol. The molecule has 0 saturated heterocycles. The summed E-state index contributed by atoms with van der Waals surface area (Å²) >= 11 is 1.68. The van der Waals surface area contributed by atoms with Gasteiger partial charge in [-0.15, -0.1) is 11.3 Å². The topological polar surface area (TPSA) is 71.1 Å². The first-order valence-corrected chi connectivity index (χ1v) is 8.12. The number of aromatic nitrogens is 1. The molecule has 1 unspecified atom stereocenters. The first kappa shape index (κ1) is 14.6. The molecule has 1 rings (SSSR count). The van der Waals surface area contributed by atoms with Gasteiger partial charge in [-0.2, -0.15) is 0 Å². The number of aryl methyl sites for hydroxylation is 2. The molecule has 0 saturated carbocycles. The predicted molar refractivity (Wildman–Crippen MR) is 70.9 cm³/mol. The zero-order valence-corrected chi connectivity index (χ0v) is 12.2. The Balaban J connectivity index is 2.40. The van der Waals surface area contributed by atoms with Crippen LogP contribution in [0.5, 0.6) is 0 Å². The average Bonchev–Trinajstić information content (AvgIpc) is 2.51. The Morgan fingerprint density at radius 1 is 1.35 bits per heavy atom. The Morgan fingerprint density at radius 3 is 2.47 bits per heavy atom. The highest BCUT2D eigenvalue weighted by atomic mass is 32.2. The number of hydrogen-bond donors (Lipinski definition) is 2. The molecule has 0 aliphatic carbocycles. The highest BCUT2D eigenvalue weighted by Gasteiger charge is 2.12. The molecule has 98 valence electrons. The van der Waals surface area contributed by atoms with Crippen LogP contribution in [0.4, 0.5) is 0 Å². The minimum absolute atomic E-state index is 0.140. The summed E-state index contributed by atoms with van der Waals surface area (Å²) in [7, 11) is -3.09. The minimum atomic E-state index is -3.09. The lowest BCUT2D eigenvalue weighted by molar-refractivity contribution is 0.548. The third kappa shape index (κ3) is 5.12. The fourth-order valence-corrected chi connectivity index (χ4v) is 2.96. The van der Waals surface area contributed by atoms with Crippen molar-refractivity contribution in [2.75, 3.05) is 19.3 Å². The van der Waals surface area contributed by atoms with Crippen LogP contribution in [-0.4, -0.2) is 32.7 Å². The summed E-state index contributed by atoms with van der Waals surface area (Å²) in [6.45, 7) is 7.05. The number of rotatable bonds is 6. The van der Waals surface area contributed by atoms with Crippen LogP contribution >= 0.6 is 11.3 Å². The van der Waals surface area contributed by atoms with Gasteiger partial charge in [0.1, 0.15) is 0 Å². The van der Waals surface area contributed by atoms with Crippen LogP contribution in [0.2, 0.25) is 0 Å². The van der Waals surface area contributed by atoms with Crippen molar-refractivity contribution in [1.29, 1.82) is 0 Å². The fourth-order valence-electron chi connectivity index (χ4n) is 1.57. The first-order chi connectivity index (χ1) is 7.79. The Kier molecular flexibility index (Phi) is 5.05. The van der Waals surface area contributed by atoms with Gasteiger partial charge in [-0.3, -0.25) is 0 Å². The summed E-state index contributed by atoms with van der Waals surface area (Å²) in [6, 6.07) is 0.140. The molecule has 1 heterocycles. The van der Waals surface area contributed by atoms with E-state index in [2.05, 4.69) is 15.0 Å². The van der Waals surface area contributed by atoms with Gasteiger partial charge in [-0.25, -0.2) is 18.1 Å². The number of sulfonamides is 1. The molecular formula is C10H19N3O2S2. The lowest BCUT2D eigenvalue weighted by Gasteiger charge is -2.12. The fraction of sp³-hybridized carbons (Fsp3) is 0.700. The van der Waals surface area contributed by atoms with Crippen LogP contribution in [-0.2, 0) is 10.0 Å². The van der Waals surface area contributed by atoms with Gasteiger partial charge >= 0.3 is 0 Å². The summed E-state index contributed by atoms with van der Waals surface area (Å²) in [5.41, 5.74) is 1.05. The van der Waals surface area contributed by atoms with Crippen molar-refractivity contribution in [3.8, 4) is 0 Å². The molecule has 1 atom stereocenters.